The predicted octanol–water partition coefficient (Wildman–Crippen LogP) is 1.02. The number of hydrogen-bond acceptors (Lipinski definition) is 3. The van der Waals surface area contributed by atoms with Crippen molar-refractivity contribution in [2.24, 2.45) is 5.92 Å². The fraction of sp³-hybridized carbons (Fsp3) is 0.867. The largest absolute Gasteiger partial charge is 0.314 e. The third-order valence-corrected chi connectivity index (χ3v) is 4.08. The molecule has 3 heteroatoms. The average Bonchev–Trinajstić information content (AvgIpc) is 2.45. The third kappa shape index (κ3) is 4.61. The van der Waals surface area contributed by atoms with E-state index in [0.29, 0.717) is 0 Å². The average molecular weight is 249 g/mol. The fourth-order valence-corrected chi connectivity index (χ4v) is 2.86. The molecule has 0 bridgehead atoms. The summed E-state index contributed by atoms with van der Waals surface area (Å²) < 4.78 is 0. The van der Waals surface area contributed by atoms with Crippen molar-refractivity contribution in [1.29, 1.82) is 0 Å². The van der Waals surface area contributed by atoms with Crippen LogP contribution in [-0.2, 0) is 0 Å². The molecule has 0 spiro atoms. The van der Waals surface area contributed by atoms with Gasteiger partial charge in [0.15, 0.2) is 0 Å². The van der Waals surface area contributed by atoms with Crippen LogP contribution in [0, 0.1) is 17.8 Å². The summed E-state index contributed by atoms with van der Waals surface area (Å²) in [7, 11) is 0. The number of rotatable bonds is 3. The third-order valence-electron chi connectivity index (χ3n) is 4.08. The normalized spacial score (nSPS) is 26.6. The van der Waals surface area contributed by atoms with Gasteiger partial charge in [-0.3, -0.25) is 4.90 Å². The van der Waals surface area contributed by atoms with Gasteiger partial charge in [-0.1, -0.05) is 12.8 Å². The highest BCUT2D eigenvalue weighted by Gasteiger charge is 2.17. The van der Waals surface area contributed by atoms with E-state index in [1.165, 1.54) is 32.5 Å². The minimum absolute atomic E-state index is 0.814. The summed E-state index contributed by atoms with van der Waals surface area (Å²) in [6.07, 6.45) is 3.83. The van der Waals surface area contributed by atoms with E-state index in [4.69, 9.17) is 0 Å². The van der Waals surface area contributed by atoms with E-state index in [0.717, 1.165) is 45.1 Å². The molecule has 18 heavy (non-hydrogen) atoms. The number of nitrogens with zero attached hydrogens (tertiary/aromatic N) is 2. The van der Waals surface area contributed by atoms with Gasteiger partial charge in [0.2, 0.25) is 0 Å². The van der Waals surface area contributed by atoms with Crippen molar-refractivity contribution < 1.29 is 0 Å². The molecule has 1 N–H and O–H groups in total. The molecule has 1 unspecified atom stereocenters. The number of hydrogen-bond donors (Lipinski definition) is 1. The SMILES string of the molecule is CCN1CCCC(CC#CCN2CCNCC2)C1. The molecule has 0 aromatic rings. The smallest absolute Gasteiger partial charge is 0.0602 e. The van der Waals surface area contributed by atoms with Crippen molar-refractivity contribution in [3.05, 3.63) is 0 Å². The summed E-state index contributed by atoms with van der Waals surface area (Å²) in [6.45, 7) is 11.5. The van der Waals surface area contributed by atoms with Gasteiger partial charge in [-0.15, -0.1) is 5.92 Å². The quantitative estimate of drug-likeness (QED) is 0.753. The first-order valence-corrected chi connectivity index (χ1v) is 7.49. The standard InChI is InChI=1S/C15H27N3/c1-2-17-11-5-7-15(14-17)6-3-4-10-18-12-8-16-9-13-18/h15-16H,2,5-14H2,1H3. The van der Waals surface area contributed by atoms with Crippen LogP contribution in [0.1, 0.15) is 26.2 Å². The van der Waals surface area contributed by atoms with Gasteiger partial charge in [-0.2, -0.15) is 0 Å². The Hall–Kier alpha value is -0.560. The van der Waals surface area contributed by atoms with Crippen LogP contribution in [0.15, 0.2) is 0 Å². The molecule has 2 rings (SSSR count). The fourth-order valence-electron chi connectivity index (χ4n) is 2.86. The van der Waals surface area contributed by atoms with Crippen LogP contribution >= 0.6 is 0 Å². The highest BCUT2D eigenvalue weighted by molar-refractivity contribution is 5.03. The second kappa shape index (κ2) is 7.78. The molecule has 2 aliphatic rings. The van der Waals surface area contributed by atoms with Crippen molar-refractivity contribution in [3.8, 4) is 11.8 Å². The monoisotopic (exact) mass is 249 g/mol. The number of piperidine rings is 1. The zero-order chi connectivity index (χ0) is 12.6. The van der Waals surface area contributed by atoms with E-state index in [9.17, 15) is 0 Å². The Morgan fingerprint density at radius 3 is 2.72 bits per heavy atom. The first-order chi connectivity index (χ1) is 8.88. The Bertz CT molecular complexity index is 286. The molecule has 0 aromatic carbocycles. The Balaban J connectivity index is 1.64. The van der Waals surface area contributed by atoms with Gasteiger partial charge in [-0.25, -0.2) is 0 Å². The Labute approximate surface area is 112 Å². The summed E-state index contributed by atoms with van der Waals surface area (Å²) >= 11 is 0. The topological polar surface area (TPSA) is 18.5 Å². The van der Waals surface area contributed by atoms with E-state index in [1.54, 1.807) is 0 Å². The summed E-state index contributed by atoms with van der Waals surface area (Å²) in [4.78, 5) is 5.01. The first kappa shape index (κ1) is 13.9. The maximum atomic E-state index is 3.41. The Morgan fingerprint density at radius 2 is 1.94 bits per heavy atom. The Kier molecular flexibility index (Phi) is 5.99. The maximum absolute atomic E-state index is 3.41. The molecule has 2 fully saturated rings. The lowest BCUT2D eigenvalue weighted by atomic mass is 9.95. The second-order valence-corrected chi connectivity index (χ2v) is 5.49. The minimum Gasteiger partial charge on any atom is -0.314 e. The van der Waals surface area contributed by atoms with Crippen LogP contribution < -0.4 is 5.32 Å². The van der Waals surface area contributed by atoms with Crippen molar-refractivity contribution in [2.45, 2.75) is 26.2 Å². The molecule has 2 aliphatic heterocycles. The molecular formula is C15H27N3. The Morgan fingerprint density at radius 1 is 1.11 bits per heavy atom. The van der Waals surface area contributed by atoms with Gasteiger partial charge >= 0.3 is 0 Å². The molecule has 2 heterocycles. The van der Waals surface area contributed by atoms with Gasteiger partial charge in [0.25, 0.3) is 0 Å². The zero-order valence-electron chi connectivity index (χ0n) is 11.7. The molecular weight excluding hydrogens is 222 g/mol. The number of likely N-dealkylation sites (tertiary alicyclic amines) is 1. The lowest BCUT2D eigenvalue weighted by Crippen LogP contribution is -2.43. The van der Waals surface area contributed by atoms with Crippen LogP contribution in [0.3, 0.4) is 0 Å². The van der Waals surface area contributed by atoms with Crippen LogP contribution in [0.25, 0.3) is 0 Å². The van der Waals surface area contributed by atoms with Gasteiger partial charge in [0, 0.05) is 39.1 Å². The zero-order valence-corrected chi connectivity index (χ0v) is 11.7. The lowest BCUT2D eigenvalue weighted by molar-refractivity contribution is 0.185. The highest BCUT2D eigenvalue weighted by Crippen LogP contribution is 2.18. The second-order valence-electron chi connectivity index (χ2n) is 5.49. The van der Waals surface area contributed by atoms with Crippen LogP contribution in [0.4, 0.5) is 0 Å². The van der Waals surface area contributed by atoms with E-state index in [1.807, 2.05) is 0 Å². The summed E-state index contributed by atoms with van der Waals surface area (Å²) in [5.74, 6) is 7.59. The molecule has 1 atom stereocenters. The summed E-state index contributed by atoms with van der Waals surface area (Å²) in [5, 5.41) is 3.37. The molecule has 0 aliphatic carbocycles. The molecule has 0 amide bonds. The van der Waals surface area contributed by atoms with Gasteiger partial charge in [-0.05, 0) is 31.8 Å². The van der Waals surface area contributed by atoms with Crippen molar-refractivity contribution in [3.63, 3.8) is 0 Å². The van der Waals surface area contributed by atoms with Crippen LogP contribution in [0.5, 0.6) is 0 Å². The first-order valence-electron chi connectivity index (χ1n) is 7.49. The highest BCUT2D eigenvalue weighted by atomic mass is 15.2. The van der Waals surface area contributed by atoms with Gasteiger partial charge < -0.3 is 10.2 Å². The van der Waals surface area contributed by atoms with Crippen molar-refractivity contribution in [2.75, 3.05) is 52.4 Å². The summed E-state index contributed by atoms with van der Waals surface area (Å²) in [5.41, 5.74) is 0. The van der Waals surface area contributed by atoms with E-state index < -0.39 is 0 Å². The van der Waals surface area contributed by atoms with Crippen molar-refractivity contribution in [1.82, 2.24) is 15.1 Å². The number of nitrogens with one attached hydrogen (secondary N) is 1. The molecule has 102 valence electrons. The molecule has 2 saturated heterocycles. The van der Waals surface area contributed by atoms with Gasteiger partial charge in [0.05, 0.1) is 6.54 Å². The van der Waals surface area contributed by atoms with Crippen molar-refractivity contribution >= 4 is 0 Å². The molecule has 0 radical (unpaired) electrons. The molecule has 0 saturated carbocycles. The summed E-state index contributed by atoms with van der Waals surface area (Å²) in [6, 6.07) is 0. The van der Waals surface area contributed by atoms with E-state index in [2.05, 4.69) is 33.9 Å². The van der Waals surface area contributed by atoms with E-state index in [-0.39, 0.29) is 0 Å². The van der Waals surface area contributed by atoms with Crippen LogP contribution in [-0.4, -0.2) is 62.2 Å². The molecule has 3 nitrogen and oxygen atoms in total. The maximum Gasteiger partial charge on any atom is 0.0602 e. The minimum atomic E-state index is 0.814. The number of piperazine rings is 1. The predicted molar refractivity (Wildman–Crippen MR) is 76.5 cm³/mol. The van der Waals surface area contributed by atoms with Gasteiger partial charge in [0.1, 0.15) is 0 Å². The van der Waals surface area contributed by atoms with E-state index >= 15 is 0 Å². The molecule has 0 aromatic heterocycles. The van der Waals surface area contributed by atoms with Crippen LogP contribution in [0.2, 0.25) is 0 Å². The lowest BCUT2D eigenvalue weighted by Gasteiger charge is -2.30.